The average molecular weight is 244 g/mol. The molecule has 0 aliphatic heterocycles. The summed E-state index contributed by atoms with van der Waals surface area (Å²) in [5, 5.41) is 0. The fourth-order valence-corrected chi connectivity index (χ4v) is 1.85. The number of rotatable bonds is 4. The van der Waals surface area contributed by atoms with Crippen molar-refractivity contribution in [3.8, 4) is 11.3 Å². The predicted octanol–water partition coefficient (Wildman–Crippen LogP) is 2.82. The predicted molar refractivity (Wildman–Crippen MR) is 69.2 cm³/mol. The number of hydrogen-bond donors (Lipinski definition) is 0. The van der Waals surface area contributed by atoms with Crippen molar-refractivity contribution >= 4 is 5.91 Å². The van der Waals surface area contributed by atoms with Gasteiger partial charge in [-0.3, -0.25) is 4.79 Å². The molecule has 18 heavy (non-hydrogen) atoms. The molecule has 0 radical (unpaired) electrons. The molecule has 4 heteroatoms. The normalized spacial score (nSPS) is 10.3. The zero-order valence-electron chi connectivity index (χ0n) is 10.6. The van der Waals surface area contributed by atoms with Crippen LogP contribution in [-0.2, 0) is 0 Å². The van der Waals surface area contributed by atoms with E-state index in [0.717, 1.165) is 5.56 Å². The van der Waals surface area contributed by atoms with Gasteiger partial charge in [-0.2, -0.15) is 0 Å². The van der Waals surface area contributed by atoms with Crippen LogP contribution in [0.15, 0.2) is 41.1 Å². The molecule has 0 saturated heterocycles. The summed E-state index contributed by atoms with van der Waals surface area (Å²) in [6, 6.07) is 9.58. The molecular formula is C14H16N2O2. The van der Waals surface area contributed by atoms with Crippen LogP contribution < -0.4 is 0 Å². The van der Waals surface area contributed by atoms with Crippen LogP contribution >= 0.6 is 0 Å². The molecule has 0 saturated carbocycles. The van der Waals surface area contributed by atoms with E-state index in [2.05, 4.69) is 4.98 Å². The van der Waals surface area contributed by atoms with Crippen LogP contribution in [0.1, 0.15) is 24.4 Å². The summed E-state index contributed by atoms with van der Waals surface area (Å²) in [6.45, 7) is 5.20. The van der Waals surface area contributed by atoms with Gasteiger partial charge in [0.15, 0.2) is 6.39 Å². The molecule has 1 heterocycles. The highest BCUT2D eigenvalue weighted by Gasteiger charge is 2.21. The molecule has 0 aliphatic carbocycles. The maximum Gasteiger partial charge on any atom is 0.291 e. The Balaban J connectivity index is 2.37. The number of hydrogen-bond acceptors (Lipinski definition) is 3. The second-order valence-electron chi connectivity index (χ2n) is 3.87. The first-order chi connectivity index (χ1) is 8.77. The SMILES string of the molecule is CCN(CC)C(=O)c1ocnc1-c1ccccc1. The molecule has 0 fully saturated rings. The molecule has 0 N–H and O–H groups in total. The van der Waals surface area contributed by atoms with Crippen LogP contribution in [-0.4, -0.2) is 28.9 Å². The number of carbonyl (C=O) groups excluding carboxylic acids is 1. The number of benzene rings is 1. The Morgan fingerprint density at radius 2 is 1.89 bits per heavy atom. The third-order valence-corrected chi connectivity index (χ3v) is 2.86. The smallest absolute Gasteiger partial charge is 0.291 e. The minimum atomic E-state index is -0.114. The Labute approximate surface area is 106 Å². The molecule has 2 rings (SSSR count). The number of aromatic nitrogens is 1. The minimum Gasteiger partial charge on any atom is -0.438 e. The summed E-state index contributed by atoms with van der Waals surface area (Å²) < 4.78 is 5.26. The first kappa shape index (κ1) is 12.4. The minimum absolute atomic E-state index is 0.114. The van der Waals surface area contributed by atoms with Crippen molar-refractivity contribution < 1.29 is 9.21 Å². The summed E-state index contributed by atoms with van der Waals surface area (Å²) in [5.41, 5.74) is 1.49. The lowest BCUT2D eigenvalue weighted by Crippen LogP contribution is -2.30. The molecule has 0 unspecified atom stereocenters. The maximum atomic E-state index is 12.3. The fraction of sp³-hybridized carbons (Fsp3) is 0.286. The second kappa shape index (κ2) is 5.49. The van der Waals surface area contributed by atoms with E-state index in [1.54, 1.807) is 4.90 Å². The lowest BCUT2D eigenvalue weighted by Gasteiger charge is -2.17. The number of nitrogens with zero attached hydrogens (tertiary/aromatic N) is 2. The van der Waals surface area contributed by atoms with Gasteiger partial charge in [0.25, 0.3) is 5.91 Å². The zero-order chi connectivity index (χ0) is 13.0. The molecule has 0 spiro atoms. The average Bonchev–Trinajstić information content (AvgIpc) is 2.90. The standard InChI is InChI=1S/C14H16N2O2/c1-3-16(4-2)14(17)13-12(15-10-18-13)11-8-6-5-7-9-11/h5-10H,3-4H2,1-2H3. The van der Waals surface area contributed by atoms with E-state index in [9.17, 15) is 4.79 Å². The summed E-state index contributed by atoms with van der Waals surface area (Å²) in [4.78, 5) is 18.1. The lowest BCUT2D eigenvalue weighted by atomic mass is 10.1. The van der Waals surface area contributed by atoms with E-state index in [1.165, 1.54) is 6.39 Å². The van der Waals surface area contributed by atoms with Gasteiger partial charge in [0, 0.05) is 18.7 Å². The second-order valence-corrected chi connectivity index (χ2v) is 3.87. The molecule has 2 aromatic rings. The number of amides is 1. The first-order valence-electron chi connectivity index (χ1n) is 6.06. The maximum absolute atomic E-state index is 12.3. The molecular weight excluding hydrogens is 228 g/mol. The van der Waals surface area contributed by atoms with Crippen molar-refractivity contribution in [1.82, 2.24) is 9.88 Å². The summed E-state index contributed by atoms with van der Waals surface area (Å²) >= 11 is 0. The Morgan fingerprint density at radius 3 is 2.50 bits per heavy atom. The molecule has 4 nitrogen and oxygen atoms in total. The van der Waals surface area contributed by atoms with Crippen LogP contribution in [0.2, 0.25) is 0 Å². The summed E-state index contributed by atoms with van der Waals surface area (Å²) in [7, 11) is 0. The van der Waals surface area contributed by atoms with Crippen LogP contribution in [0.3, 0.4) is 0 Å². The van der Waals surface area contributed by atoms with Gasteiger partial charge in [0.05, 0.1) is 0 Å². The summed E-state index contributed by atoms with van der Waals surface area (Å²) in [5.74, 6) is 0.196. The van der Waals surface area contributed by atoms with Crippen molar-refractivity contribution in [3.63, 3.8) is 0 Å². The van der Waals surface area contributed by atoms with Gasteiger partial charge in [-0.1, -0.05) is 30.3 Å². The Morgan fingerprint density at radius 1 is 1.22 bits per heavy atom. The van der Waals surface area contributed by atoms with Crippen molar-refractivity contribution in [2.75, 3.05) is 13.1 Å². The Hall–Kier alpha value is -2.10. The Bertz CT molecular complexity index is 516. The topological polar surface area (TPSA) is 46.3 Å². The van der Waals surface area contributed by atoms with Crippen molar-refractivity contribution in [1.29, 1.82) is 0 Å². The highest BCUT2D eigenvalue weighted by Crippen LogP contribution is 2.22. The Kier molecular flexibility index (Phi) is 3.77. The van der Waals surface area contributed by atoms with Crippen molar-refractivity contribution in [2.24, 2.45) is 0 Å². The highest BCUT2D eigenvalue weighted by atomic mass is 16.3. The van der Waals surface area contributed by atoms with Crippen LogP contribution in [0, 0.1) is 0 Å². The highest BCUT2D eigenvalue weighted by molar-refractivity contribution is 5.97. The van der Waals surface area contributed by atoms with Crippen LogP contribution in [0.25, 0.3) is 11.3 Å². The number of carbonyl (C=O) groups is 1. The molecule has 0 aliphatic rings. The molecule has 1 aromatic heterocycles. The van der Waals surface area contributed by atoms with E-state index in [1.807, 2.05) is 44.2 Å². The molecule has 0 atom stereocenters. The van der Waals surface area contributed by atoms with E-state index >= 15 is 0 Å². The quantitative estimate of drug-likeness (QED) is 0.830. The number of oxazole rings is 1. The first-order valence-corrected chi connectivity index (χ1v) is 6.06. The van der Waals surface area contributed by atoms with Crippen LogP contribution in [0.5, 0.6) is 0 Å². The van der Waals surface area contributed by atoms with E-state index < -0.39 is 0 Å². The van der Waals surface area contributed by atoms with E-state index in [-0.39, 0.29) is 5.91 Å². The largest absolute Gasteiger partial charge is 0.438 e. The van der Waals surface area contributed by atoms with Gasteiger partial charge < -0.3 is 9.32 Å². The molecule has 0 bridgehead atoms. The zero-order valence-corrected chi connectivity index (χ0v) is 10.6. The molecule has 1 amide bonds. The lowest BCUT2D eigenvalue weighted by molar-refractivity contribution is 0.0742. The van der Waals surface area contributed by atoms with Crippen molar-refractivity contribution in [2.45, 2.75) is 13.8 Å². The van der Waals surface area contributed by atoms with E-state index in [4.69, 9.17) is 4.42 Å². The molecule has 94 valence electrons. The van der Waals surface area contributed by atoms with Gasteiger partial charge in [0.2, 0.25) is 5.76 Å². The van der Waals surface area contributed by atoms with Gasteiger partial charge in [-0.25, -0.2) is 4.98 Å². The van der Waals surface area contributed by atoms with Crippen molar-refractivity contribution in [3.05, 3.63) is 42.5 Å². The third-order valence-electron chi connectivity index (χ3n) is 2.86. The van der Waals surface area contributed by atoms with Gasteiger partial charge in [-0.15, -0.1) is 0 Å². The van der Waals surface area contributed by atoms with E-state index in [0.29, 0.717) is 24.5 Å². The van der Waals surface area contributed by atoms with Gasteiger partial charge in [-0.05, 0) is 13.8 Å². The van der Waals surface area contributed by atoms with Gasteiger partial charge in [0.1, 0.15) is 5.69 Å². The fourth-order valence-electron chi connectivity index (χ4n) is 1.85. The monoisotopic (exact) mass is 244 g/mol. The van der Waals surface area contributed by atoms with Gasteiger partial charge >= 0.3 is 0 Å². The molecule has 1 aromatic carbocycles. The summed E-state index contributed by atoms with van der Waals surface area (Å²) in [6.07, 6.45) is 1.32. The third kappa shape index (κ3) is 2.27. The van der Waals surface area contributed by atoms with Crippen LogP contribution in [0.4, 0.5) is 0 Å².